The van der Waals surface area contributed by atoms with Crippen molar-refractivity contribution >= 4 is 5.97 Å². The standard InChI is InChI=1S/C12H22O2/c1-3-4-5-6-7-8-11(2)9-10-12(13)14/h2-10H2,1H3,(H,13,14). The van der Waals surface area contributed by atoms with Crippen LogP contribution in [0.3, 0.4) is 0 Å². The van der Waals surface area contributed by atoms with Crippen molar-refractivity contribution in [3.05, 3.63) is 12.2 Å². The lowest BCUT2D eigenvalue weighted by molar-refractivity contribution is -0.136. The van der Waals surface area contributed by atoms with Crippen molar-refractivity contribution in [1.29, 1.82) is 0 Å². The molecular formula is C12H22O2. The van der Waals surface area contributed by atoms with Crippen LogP contribution in [0.2, 0.25) is 0 Å². The van der Waals surface area contributed by atoms with Gasteiger partial charge in [0.2, 0.25) is 0 Å². The minimum atomic E-state index is -0.725. The van der Waals surface area contributed by atoms with Crippen LogP contribution in [0, 0.1) is 0 Å². The Morgan fingerprint density at radius 1 is 1.07 bits per heavy atom. The van der Waals surface area contributed by atoms with Gasteiger partial charge in [-0.1, -0.05) is 44.8 Å². The van der Waals surface area contributed by atoms with Gasteiger partial charge >= 0.3 is 5.97 Å². The minimum absolute atomic E-state index is 0.230. The molecule has 0 spiro atoms. The summed E-state index contributed by atoms with van der Waals surface area (Å²) in [5.41, 5.74) is 1.09. The van der Waals surface area contributed by atoms with Crippen molar-refractivity contribution in [2.24, 2.45) is 0 Å². The van der Waals surface area contributed by atoms with E-state index >= 15 is 0 Å². The SMILES string of the molecule is C=C(CCCCCCC)CCC(=O)O. The van der Waals surface area contributed by atoms with Crippen LogP contribution in [-0.2, 0) is 4.79 Å². The molecule has 14 heavy (non-hydrogen) atoms. The van der Waals surface area contributed by atoms with E-state index in [9.17, 15) is 4.79 Å². The zero-order valence-electron chi connectivity index (χ0n) is 9.22. The van der Waals surface area contributed by atoms with Gasteiger partial charge in [-0.2, -0.15) is 0 Å². The Hall–Kier alpha value is -0.790. The number of carboxylic acid groups (broad SMARTS) is 1. The van der Waals surface area contributed by atoms with Crippen LogP contribution in [-0.4, -0.2) is 11.1 Å². The normalized spacial score (nSPS) is 10.1. The minimum Gasteiger partial charge on any atom is -0.481 e. The molecule has 0 unspecified atom stereocenters. The van der Waals surface area contributed by atoms with Crippen LogP contribution in [0.4, 0.5) is 0 Å². The molecule has 82 valence electrons. The summed E-state index contributed by atoms with van der Waals surface area (Å²) in [6.07, 6.45) is 8.15. The summed E-state index contributed by atoms with van der Waals surface area (Å²) >= 11 is 0. The third kappa shape index (κ3) is 9.30. The van der Waals surface area contributed by atoms with E-state index in [1.165, 1.54) is 32.1 Å². The van der Waals surface area contributed by atoms with Gasteiger partial charge in [0.1, 0.15) is 0 Å². The Labute approximate surface area is 87.0 Å². The van der Waals surface area contributed by atoms with Crippen LogP contribution >= 0.6 is 0 Å². The Morgan fingerprint density at radius 3 is 2.29 bits per heavy atom. The van der Waals surface area contributed by atoms with Gasteiger partial charge < -0.3 is 5.11 Å². The van der Waals surface area contributed by atoms with Crippen LogP contribution in [0.5, 0.6) is 0 Å². The van der Waals surface area contributed by atoms with E-state index in [1.807, 2.05) is 0 Å². The van der Waals surface area contributed by atoms with Gasteiger partial charge in [-0.25, -0.2) is 0 Å². The Morgan fingerprint density at radius 2 is 1.71 bits per heavy atom. The van der Waals surface area contributed by atoms with Gasteiger partial charge in [0, 0.05) is 6.42 Å². The average Bonchev–Trinajstić information content (AvgIpc) is 2.14. The number of rotatable bonds is 9. The molecular weight excluding hydrogens is 176 g/mol. The maximum atomic E-state index is 10.3. The molecule has 0 atom stereocenters. The van der Waals surface area contributed by atoms with Gasteiger partial charge in [-0.3, -0.25) is 4.79 Å². The van der Waals surface area contributed by atoms with E-state index in [-0.39, 0.29) is 6.42 Å². The molecule has 0 rings (SSSR count). The van der Waals surface area contributed by atoms with Crippen LogP contribution < -0.4 is 0 Å². The van der Waals surface area contributed by atoms with Crippen molar-refractivity contribution < 1.29 is 9.90 Å². The molecule has 0 saturated carbocycles. The molecule has 0 aromatic rings. The highest BCUT2D eigenvalue weighted by Crippen LogP contribution is 2.13. The second kappa shape index (κ2) is 8.79. The number of allylic oxidation sites excluding steroid dienone is 1. The molecule has 0 fully saturated rings. The van der Waals surface area contributed by atoms with Crippen LogP contribution in [0.25, 0.3) is 0 Å². The number of carboxylic acids is 1. The van der Waals surface area contributed by atoms with E-state index in [2.05, 4.69) is 13.5 Å². The Kier molecular flexibility index (Phi) is 8.30. The molecule has 0 saturated heterocycles. The molecule has 0 aliphatic rings. The van der Waals surface area contributed by atoms with Crippen LogP contribution in [0.15, 0.2) is 12.2 Å². The lowest BCUT2D eigenvalue weighted by Gasteiger charge is -2.03. The predicted molar refractivity (Wildman–Crippen MR) is 59.4 cm³/mol. The first-order chi connectivity index (χ1) is 6.66. The molecule has 0 aliphatic carbocycles. The van der Waals surface area contributed by atoms with Crippen LogP contribution in [0.1, 0.15) is 58.3 Å². The van der Waals surface area contributed by atoms with Gasteiger partial charge in [0.05, 0.1) is 0 Å². The second-order valence-corrected chi connectivity index (χ2v) is 3.81. The van der Waals surface area contributed by atoms with Gasteiger partial charge in [-0.05, 0) is 19.3 Å². The number of hydrogen-bond donors (Lipinski definition) is 1. The fraction of sp³-hybridized carbons (Fsp3) is 0.750. The fourth-order valence-corrected chi connectivity index (χ4v) is 1.39. The first kappa shape index (κ1) is 13.2. The molecule has 2 nitrogen and oxygen atoms in total. The number of carbonyl (C=O) groups is 1. The van der Waals surface area contributed by atoms with Crippen molar-refractivity contribution in [3.8, 4) is 0 Å². The third-order valence-corrected chi connectivity index (χ3v) is 2.33. The van der Waals surface area contributed by atoms with Gasteiger partial charge in [0.15, 0.2) is 0 Å². The zero-order valence-corrected chi connectivity index (χ0v) is 9.22. The highest BCUT2D eigenvalue weighted by atomic mass is 16.4. The summed E-state index contributed by atoms with van der Waals surface area (Å²) in [4.78, 5) is 10.3. The predicted octanol–water partition coefficient (Wildman–Crippen LogP) is 3.77. The maximum absolute atomic E-state index is 10.3. The summed E-state index contributed by atoms with van der Waals surface area (Å²) < 4.78 is 0. The molecule has 0 radical (unpaired) electrons. The first-order valence-electron chi connectivity index (χ1n) is 5.55. The van der Waals surface area contributed by atoms with Crippen molar-refractivity contribution in [2.45, 2.75) is 58.3 Å². The summed E-state index contributed by atoms with van der Waals surface area (Å²) in [5.74, 6) is -0.725. The van der Waals surface area contributed by atoms with Gasteiger partial charge in [-0.15, -0.1) is 0 Å². The monoisotopic (exact) mass is 198 g/mol. The molecule has 0 bridgehead atoms. The zero-order chi connectivity index (χ0) is 10.8. The lowest BCUT2D eigenvalue weighted by atomic mass is 10.0. The molecule has 0 aromatic carbocycles. The van der Waals surface area contributed by atoms with Gasteiger partial charge in [0.25, 0.3) is 0 Å². The highest BCUT2D eigenvalue weighted by Gasteiger charge is 1.99. The number of aliphatic carboxylic acids is 1. The summed E-state index contributed by atoms with van der Waals surface area (Å²) in [5, 5.41) is 8.46. The maximum Gasteiger partial charge on any atom is 0.303 e. The van der Waals surface area contributed by atoms with E-state index in [0.29, 0.717) is 6.42 Å². The molecule has 0 aliphatic heterocycles. The Bertz CT molecular complexity index is 173. The lowest BCUT2D eigenvalue weighted by Crippen LogP contribution is -1.95. The Balaban J connectivity index is 3.22. The highest BCUT2D eigenvalue weighted by molar-refractivity contribution is 5.66. The van der Waals surface area contributed by atoms with Crippen molar-refractivity contribution in [2.75, 3.05) is 0 Å². The smallest absolute Gasteiger partial charge is 0.303 e. The number of unbranched alkanes of at least 4 members (excludes halogenated alkanes) is 4. The number of hydrogen-bond acceptors (Lipinski definition) is 1. The molecule has 0 aromatic heterocycles. The second-order valence-electron chi connectivity index (χ2n) is 3.81. The summed E-state index contributed by atoms with van der Waals surface area (Å²) in [7, 11) is 0. The van der Waals surface area contributed by atoms with Crippen molar-refractivity contribution in [1.82, 2.24) is 0 Å². The van der Waals surface area contributed by atoms with E-state index in [4.69, 9.17) is 5.11 Å². The topological polar surface area (TPSA) is 37.3 Å². The van der Waals surface area contributed by atoms with Crippen molar-refractivity contribution in [3.63, 3.8) is 0 Å². The van der Waals surface area contributed by atoms with E-state index < -0.39 is 5.97 Å². The first-order valence-corrected chi connectivity index (χ1v) is 5.55. The molecule has 0 heterocycles. The van der Waals surface area contributed by atoms with E-state index in [1.54, 1.807) is 0 Å². The largest absolute Gasteiger partial charge is 0.481 e. The molecule has 1 N–H and O–H groups in total. The quantitative estimate of drug-likeness (QED) is 0.452. The molecule has 2 heteroatoms. The third-order valence-electron chi connectivity index (χ3n) is 2.33. The fourth-order valence-electron chi connectivity index (χ4n) is 1.39. The molecule has 0 amide bonds. The van der Waals surface area contributed by atoms with E-state index in [0.717, 1.165) is 12.0 Å². The summed E-state index contributed by atoms with van der Waals surface area (Å²) in [6, 6.07) is 0. The summed E-state index contributed by atoms with van der Waals surface area (Å²) in [6.45, 7) is 6.08. The average molecular weight is 198 g/mol.